The summed E-state index contributed by atoms with van der Waals surface area (Å²) >= 11 is 0. The van der Waals surface area contributed by atoms with Gasteiger partial charge in [0.25, 0.3) is 5.91 Å². The molecule has 1 aliphatic rings. The molecule has 0 radical (unpaired) electrons. The zero-order valence-corrected chi connectivity index (χ0v) is 15.6. The summed E-state index contributed by atoms with van der Waals surface area (Å²) < 4.78 is 5.54. The number of hydrogen-bond donors (Lipinski definition) is 2. The third-order valence-corrected chi connectivity index (χ3v) is 4.87. The minimum atomic E-state index is -0.255. The van der Waals surface area contributed by atoms with Crippen molar-refractivity contribution in [1.29, 1.82) is 0 Å². The second kappa shape index (κ2) is 9.33. The van der Waals surface area contributed by atoms with Crippen molar-refractivity contribution >= 4 is 17.5 Å². The van der Waals surface area contributed by atoms with Gasteiger partial charge in [0.1, 0.15) is 0 Å². The lowest BCUT2D eigenvalue weighted by atomic mass is 9.95. The minimum absolute atomic E-state index is 0.0817. The molecule has 0 saturated carbocycles. The van der Waals surface area contributed by atoms with Gasteiger partial charge in [-0.25, -0.2) is 0 Å². The molecule has 2 atom stereocenters. The van der Waals surface area contributed by atoms with Gasteiger partial charge in [0, 0.05) is 13.2 Å². The van der Waals surface area contributed by atoms with Crippen molar-refractivity contribution < 1.29 is 14.3 Å². The lowest BCUT2D eigenvalue weighted by molar-refractivity contribution is -0.117. The van der Waals surface area contributed by atoms with Crippen LogP contribution < -0.4 is 10.6 Å². The van der Waals surface area contributed by atoms with Gasteiger partial charge in [0.05, 0.1) is 23.3 Å². The van der Waals surface area contributed by atoms with E-state index >= 15 is 0 Å². The molecule has 5 nitrogen and oxygen atoms in total. The highest BCUT2D eigenvalue weighted by atomic mass is 16.5. The van der Waals surface area contributed by atoms with Gasteiger partial charge >= 0.3 is 0 Å². The number of ether oxygens (including phenoxy) is 1. The van der Waals surface area contributed by atoms with Crippen LogP contribution in [0.5, 0.6) is 0 Å². The topological polar surface area (TPSA) is 67.4 Å². The smallest absolute Gasteiger partial charge is 0.253 e. The van der Waals surface area contributed by atoms with Crippen molar-refractivity contribution in [3.05, 3.63) is 65.7 Å². The fourth-order valence-electron chi connectivity index (χ4n) is 3.37. The summed E-state index contributed by atoms with van der Waals surface area (Å²) in [5.74, 6) is -0.563. The molecule has 142 valence electrons. The van der Waals surface area contributed by atoms with Gasteiger partial charge in [-0.2, -0.15) is 0 Å². The van der Waals surface area contributed by atoms with Crippen molar-refractivity contribution in [1.82, 2.24) is 5.32 Å². The van der Waals surface area contributed by atoms with Crippen LogP contribution in [0.25, 0.3) is 0 Å². The number of para-hydroxylation sites is 1. The number of hydrogen-bond acceptors (Lipinski definition) is 3. The fourth-order valence-corrected chi connectivity index (χ4v) is 3.37. The lowest BCUT2D eigenvalue weighted by Gasteiger charge is -2.17. The third-order valence-electron chi connectivity index (χ3n) is 4.87. The van der Waals surface area contributed by atoms with Crippen molar-refractivity contribution in [2.24, 2.45) is 0 Å². The molecule has 1 aliphatic heterocycles. The molecule has 27 heavy (non-hydrogen) atoms. The highest BCUT2D eigenvalue weighted by Gasteiger charge is 2.21. The maximum Gasteiger partial charge on any atom is 0.253 e. The van der Waals surface area contributed by atoms with Crippen molar-refractivity contribution in [2.75, 3.05) is 18.5 Å². The molecule has 1 heterocycles. The molecule has 2 unspecified atom stereocenters. The Hall–Kier alpha value is -2.66. The molecular formula is C22H26N2O3. The van der Waals surface area contributed by atoms with Gasteiger partial charge in [0.2, 0.25) is 5.91 Å². The first-order valence-electron chi connectivity index (χ1n) is 9.53. The molecule has 1 saturated heterocycles. The number of benzene rings is 2. The number of carbonyl (C=O) groups is 2. The summed E-state index contributed by atoms with van der Waals surface area (Å²) in [6.45, 7) is 3.23. The highest BCUT2D eigenvalue weighted by Crippen LogP contribution is 2.23. The van der Waals surface area contributed by atoms with Crippen LogP contribution in [0.4, 0.5) is 5.69 Å². The summed E-state index contributed by atoms with van der Waals surface area (Å²) in [6, 6.07) is 16.8. The summed E-state index contributed by atoms with van der Waals surface area (Å²) in [7, 11) is 0. The van der Waals surface area contributed by atoms with Crippen LogP contribution in [0, 0.1) is 0 Å². The molecule has 2 aromatic carbocycles. The Morgan fingerprint density at radius 1 is 1.11 bits per heavy atom. The SMILES string of the molecule is CCC(C(=O)Nc1ccccc1C(=O)NCC1CCCO1)c1ccccc1. The first-order chi connectivity index (χ1) is 13.2. The quantitative estimate of drug-likeness (QED) is 0.785. The summed E-state index contributed by atoms with van der Waals surface area (Å²) in [4.78, 5) is 25.4. The van der Waals surface area contributed by atoms with Gasteiger partial charge in [-0.3, -0.25) is 9.59 Å². The Balaban J connectivity index is 1.69. The second-order valence-electron chi connectivity index (χ2n) is 6.75. The highest BCUT2D eigenvalue weighted by molar-refractivity contribution is 6.05. The second-order valence-corrected chi connectivity index (χ2v) is 6.75. The van der Waals surface area contributed by atoms with E-state index in [-0.39, 0.29) is 23.8 Å². The molecule has 0 aromatic heterocycles. The van der Waals surface area contributed by atoms with E-state index in [1.807, 2.05) is 43.3 Å². The predicted octanol–water partition coefficient (Wildman–Crippen LogP) is 3.73. The molecule has 0 bridgehead atoms. The van der Waals surface area contributed by atoms with Crippen LogP contribution in [0.15, 0.2) is 54.6 Å². The molecule has 2 aromatic rings. The molecule has 2 N–H and O–H groups in total. The normalized spacial score (nSPS) is 17.3. The minimum Gasteiger partial charge on any atom is -0.376 e. The largest absolute Gasteiger partial charge is 0.376 e. The summed E-state index contributed by atoms with van der Waals surface area (Å²) in [5, 5.41) is 5.85. The monoisotopic (exact) mass is 366 g/mol. The summed E-state index contributed by atoms with van der Waals surface area (Å²) in [5.41, 5.74) is 1.96. The first kappa shape index (κ1) is 19.1. The fraction of sp³-hybridized carbons (Fsp3) is 0.364. The molecule has 1 fully saturated rings. The zero-order valence-electron chi connectivity index (χ0n) is 15.6. The lowest BCUT2D eigenvalue weighted by Crippen LogP contribution is -2.32. The van der Waals surface area contributed by atoms with Crippen LogP contribution >= 0.6 is 0 Å². The van der Waals surface area contributed by atoms with E-state index in [1.54, 1.807) is 18.2 Å². The predicted molar refractivity (Wildman–Crippen MR) is 106 cm³/mol. The molecular weight excluding hydrogens is 340 g/mol. The Labute approximate surface area is 160 Å². The van der Waals surface area contributed by atoms with Gasteiger partial charge in [-0.1, -0.05) is 49.4 Å². The number of rotatable bonds is 7. The van der Waals surface area contributed by atoms with E-state index in [9.17, 15) is 9.59 Å². The van der Waals surface area contributed by atoms with Crippen molar-refractivity contribution in [3.8, 4) is 0 Å². The standard InChI is InChI=1S/C22H26N2O3/c1-2-18(16-9-4-3-5-10-16)22(26)24-20-13-7-6-12-19(20)21(25)23-15-17-11-8-14-27-17/h3-7,9-10,12-13,17-18H,2,8,11,14-15H2,1H3,(H,23,25)(H,24,26). The Morgan fingerprint density at radius 3 is 2.56 bits per heavy atom. The number of amides is 2. The van der Waals surface area contributed by atoms with Crippen LogP contribution in [-0.2, 0) is 9.53 Å². The maximum atomic E-state index is 12.8. The van der Waals surface area contributed by atoms with Gasteiger partial charge < -0.3 is 15.4 Å². The maximum absolute atomic E-state index is 12.8. The van der Waals surface area contributed by atoms with E-state index in [2.05, 4.69) is 10.6 Å². The number of anilines is 1. The van der Waals surface area contributed by atoms with Crippen molar-refractivity contribution in [2.45, 2.75) is 38.2 Å². The van der Waals surface area contributed by atoms with Gasteiger partial charge in [0.15, 0.2) is 0 Å². The Bertz CT molecular complexity index is 770. The van der Waals surface area contributed by atoms with Crippen LogP contribution in [0.2, 0.25) is 0 Å². The summed E-state index contributed by atoms with van der Waals surface area (Å²) in [6.07, 6.45) is 2.76. The van der Waals surface area contributed by atoms with Crippen LogP contribution in [-0.4, -0.2) is 31.1 Å². The van der Waals surface area contributed by atoms with Gasteiger partial charge in [-0.15, -0.1) is 0 Å². The number of nitrogens with one attached hydrogen (secondary N) is 2. The number of carbonyl (C=O) groups excluding carboxylic acids is 2. The van der Waals surface area contributed by atoms with Gasteiger partial charge in [-0.05, 0) is 37.0 Å². The van der Waals surface area contributed by atoms with Crippen LogP contribution in [0.3, 0.4) is 0 Å². The Morgan fingerprint density at radius 2 is 1.85 bits per heavy atom. The molecule has 5 heteroatoms. The van der Waals surface area contributed by atoms with Crippen molar-refractivity contribution in [3.63, 3.8) is 0 Å². The average Bonchev–Trinajstić information content (AvgIpc) is 3.21. The van der Waals surface area contributed by atoms with E-state index < -0.39 is 0 Å². The molecule has 0 aliphatic carbocycles. The molecule has 0 spiro atoms. The molecule has 3 rings (SSSR count). The van der Waals surface area contributed by atoms with E-state index in [1.165, 1.54) is 0 Å². The van der Waals surface area contributed by atoms with E-state index in [0.29, 0.717) is 24.2 Å². The van der Waals surface area contributed by atoms with Crippen LogP contribution in [0.1, 0.15) is 48.0 Å². The van der Waals surface area contributed by atoms with E-state index in [0.717, 1.165) is 25.0 Å². The zero-order chi connectivity index (χ0) is 19.1. The average molecular weight is 366 g/mol. The first-order valence-corrected chi connectivity index (χ1v) is 9.53. The third kappa shape index (κ3) is 4.95. The molecule has 2 amide bonds. The van der Waals surface area contributed by atoms with E-state index in [4.69, 9.17) is 4.74 Å². The Kier molecular flexibility index (Phi) is 6.60.